The third-order valence-corrected chi connectivity index (χ3v) is 2.86. The molecular formula is C12H19NO5. The molecular weight excluding hydrogens is 238 g/mol. The van der Waals surface area contributed by atoms with Crippen molar-refractivity contribution in [2.75, 3.05) is 33.0 Å². The van der Waals surface area contributed by atoms with Crippen molar-refractivity contribution in [3.63, 3.8) is 0 Å². The molecule has 6 nitrogen and oxygen atoms in total. The van der Waals surface area contributed by atoms with Crippen LogP contribution < -0.4 is 5.32 Å². The third kappa shape index (κ3) is 4.37. The number of alkyl carbamates (subject to hydrolysis) is 1. The second-order valence-electron chi connectivity index (χ2n) is 4.22. The fourth-order valence-corrected chi connectivity index (χ4v) is 1.41. The minimum absolute atomic E-state index is 0.0212. The van der Waals surface area contributed by atoms with Crippen molar-refractivity contribution < 1.29 is 23.8 Å². The molecule has 1 heterocycles. The quantitative estimate of drug-likeness (QED) is 0.416. The van der Waals surface area contributed by atoms with E-state index in [9.17, 15) is 9.59 Å². The summed E-state index contributed by atoms with van der Waals surface area (Å²) in [5.41, 5.74) is -0.0212. The summed E-state index contributed by atoms with van der Waals surface area (Å²) in [6.45, 7) is 7.23. The number of amides is 1. The molecule has 102 valence electrons. The maximum absolute atomic E-state index is 11.3. The van der Waals surface area contributed by atoms with Gasteiger partial charge in [0, 0.05) is 6.08 Å². The molecule has 0 aromatic heterocycles. The van der Waals surface area contributed by atoms with Crippen molar-refractivity contribution >= 4 is 12.1 Å². The molecule has 0 spiro atoms. The van der Waals surface area contributed by atoms with Gasteiger partial charge in [0.05, 0.1) is 25.2 Å². The lowest BCUT2D eigenvalue weighted by Crippen LogP contribution is -2.47. The van der Waals surface area contributed by atoms with Gasteiger partial charge in [-0.3, -0.25) is 0 Å². The van der Waals surface area contributed by atoms with Gasteiger partial charge < -0.3 is 19.5 Å². The summed E-state index contributed by atoms with van der Waals surface area (Å²) in [5, 5.41) is 2.49. The highest BCUT2D eigenvalue weighted by Gasteiger charge is 2.38. The molecule has 1 saturated heterocycles. The second kappa shape index (κ2) is 7.00. The monoisotopic (exact) mass is 257 g/mol. The minimum Gasteiger partial charge on any atom is -0.461 e. The van der Waals surface area contributed by atoms with Gasteiger partial charge >= 0.3 is 12.1 Å². The third-order valence-electron chi connectivity index (χ3n) is 2.86. The molecule has 0 unspecified atom stereocenters. The molecule has 1 aliphatic heterocycles. The van der Waals surface area contributed by atoms with Crippen LogP contribution in [0.25, 0.3) is 0 Å². The Bertz CT molecular complexity index is 306. The van der Waals surface area contributed by atoms with E-state index in [1.165, 1.54) is 0 Å². The Labute approximate surface area is 106 Å². The molecule has 0 radical (unpaired) electrons. The molecule has 1 aliphatic rings. The van der Waals surface area contributed by atoms with Crippen LogP contribution in [0.15, 0.2) is 12.7 Å². The topological polar surface area (TPSA) is 73.9 Å². The van der Waals surface area contributed by atoms with Crippen molar-refractivity contribution in [2.45, 2.75) is 13.3 Å². The number of ether oxygens (including phenoxy) is 3. The molecule has 1 amide bonds. The molecule has 0 aliphatic carbocycles. The van der Waals surface area contributed by atoms with E-state index in [2.05, 4.69) is 11.9 Å². The largest absolute Gasteiger partial charge is 0.461 e. The van der Waals surface area contributed by atoms with Crippen LogP contribution in [0.2, 0.25) is 0 Å². The zero-order valence-electron chi connectivity index (χ0n) is 10.6. The number of hydrogen-bond acceptors (Lipinski definition) is 5. The van der Waals surface area contributed by atoms with E-state index in [1.54, 1.807) is 0 Å². The molecule has 1 N–H and O–H groups in total. The standard InChI is InChI=1S/C12H19NO5/c1-3-10(14)17-6-5-13-11(15)18-9-12(4-2)7-16-8-12/h3H,1,4-9H2,2H3,(H,13,15). The first kappa shape index (κ1) is 14.5. The van der Waals surface area contributed by atoms with Crippen LogP contribution in [0, 0.1) is 5.41 Å². The smallest absolute Gasteiger partial charge is 0.407 e. The lowest BCUT2D eigenvalue weighted by atomic mass is 9.84. The number of esters is 1. The summed E-state index contributed by atoms with van der Waals surface area (Å²) in [7, 11) is 0. The Balaban J connectivity index is 2.07. The van der Waals surface area contributed by atoms with E-state index >= 15 is 0 Å². The van der Waals surface area contributed by atoms with Crippen LogP contribution in [-0.4, -0.2) is 45.0 Å². The predicted molar refractivity (Wildman–Crippen MR) is 64.0 cm³/mol. The average Bonchev–Trinajstić information content (AvgIpc) is 2.33. The van der Waals surface area contributed by atoms with Gasteiger partial charge in [-0.05, 0) is 6.42 Å². The van der Waals surface area contributed by atoms with Gasteiger partial charge in [0.25, 0.3) is 0 Å². The van der Waals surface area contributed by atoms with E-state index in [-0.39, 0.29) is 18.6 Å². The van der Waals surface area contributed by atoms with Gasteiger partial charge in [-0.15, -0.1) is 0 Å². The first-order valence-electron chi connectivity index (χ1n) is 5.89. The summed E-state index contributed by atoms with van der Waals surface area (Å²) < 4.78 is 14.9. The first-order valence-corrected chi connectivity index (χ1v) is 5.89. The molecule has 0 atom stereocenters. The SMILES string of the molecule is C=CC(=O)OCCNC(=O)OCC1(CC)COC1. The maximum Gasteiger partial charge on any atom is 0.407 e. The summed E-state index contributed by atoms with van der Waals surface area (Å²) in [5.74, 6) is -0.512. The Morgan fingerprint density at radius 3 is 2.67 bits per heavy atom. The summed E-state index contributed by atoms with van der Waals surface area (Å²) in [6.07, 6.45) is 1.47. The fourth-order valence-electron chi connectivity index (χ4n) is 1.41. The minimum atomic E-state index is -0.512. The van der Waals surface area contributed by atoms with Gasteiger partial charge in [0.1, 0.15) is 13.2 Å². The van der Waals surface area contributed by atoms with Crippen LogP contribution in [0.3, 0.4) is 0 Å². The van der Waals surface area contributed by atoms with Crippen LogP contribution in [0.4, 0.5) is 4.79 Å². The molecule has 0 bridgehead atoms. The van der Waals surface area contributed by atoms with Gasteiger partial charge in [0.15, 0.2) is 0 Å². The average molecular weight is 257 g/mol. The fraction of sp³-hybridized carbons (Fsp3) is 0.667. The Kier molecular flexibility index (Phi) is 5.64. The molecule has 1 fully saturated rings. The van der Waals surface area contributed by atoms with Crippen LogP contribution in [0.1, 0.15) is 13.3 Å². The Hall–Kier alpha value is -1.56. The highest BCUT2D eigenvalue weighted by molar-refractivity contribution is 5.81. The number of nitrogens with one attached hydrogen (secondary N) is 1. The summed E-state index contributed by atoms with van der Waals surface area (Å²) in [4.78, 5) is 22.0. The number of hydrogen-bond donors (Lipinski definition) is 1. The normalized spacial score (nSPS) is 16.3. The zero-order valence-corrected chi connectivity index (χ0v) is 10.6. The number of rotatable bonds is 7. The second-order valence-corrected chi connectivity index (χ2v) is 4.22. The van der Waals surface area contributed by atoms with E-state index < -0.39 is 12.1 Å². The van der Waals surface area contributed by atoms with Crippen molar-refractivity contribution in [3.05, 3.63) is 12.7 Å². The van der Waals surface area contributed by atoms with Gasteiger partial charge in [-0.2, -0.15) is 0 Å². The lowest BCUT2D eigenvalue weighted by molar-refractivity contribution is -0.139. The number of carbonyl (C=O) groups is 2. The van der Waals surface area contributed by atoms with Crippen LogP contribution >= 0.6 is 0 Å². The molecule has 0 aromatic rings. The van der Waals surface area contributed by atoms with E-state index in [4.69, 9.17) is 14.2 Å². The van der Waals surface area contributed by atoms with Crippen molar-refractivity contribution in [1.29, 1.82) is 0 Å². The van der Waals surface area contributed by atoms with Gasteiger partial charge in [0.2, 0.25) is 0 Å². The predicted octanol–water partition coefficient (Wildman–Crippen LogP) is 0.868. The van der Waals surface area contributed by atoms with Gasteiger partial charge in [-0.1, -0.05) is 13.5 Å². The highest BCUT2D eigenvalue weighted by Crippen LogP contribution is 2.31. The maximum atomic E-state index is 11.3. The molecule has 18 heavy (non-hydrogen) atoms. The van der Waals surface area contributed by atoms with E-state index in [0.29, 0.717) is 19.8 Å². The van der Waals surface area contributed by atoms with Gasteiger partial charge in [-0.25, -0.2) is 9.59 Å². The first-order chi connectivity index (χ1) is 8.62. The highest BCUT2D eigenvalue weighted by atomic mass is 16.6. The zero-order chi connectivity index (χ0) is 13.4. The van der Waals surface area contributed by atoms with Crippen molar-refractivity contribution in [3.8, 4) is 0 Å². The van der Waals surface area contributed by atoms with E-state index in [1.807, 2.05) is 6.92 Å². The summed E-state index contributed by atoms with van der Waals surface area (Å²) >= 11 is 0. The summed E-state index contributed by atoms with van der Waals surface area (Å²) in [6, 6.07) is 0. The molecule has 1 rings (SSSR count). The lowest BCUT2D eigenvalue weighted by Gasteiger charge is -2.39. The molecule has 6 heteroatoms. The Morgan fingerprint density at radius 1 is 1.44 bits per heavy atom. The van der Waals surface area contributed by atoms with Crippen molar-refractivity contribution in [2.24, 2.45) is 5.41 Å². The van der Waals surface area contributed by atoms with Crippen LogP contribution in [0.5, 0.6) is 0 Å². The molecule has 0 saturated carbocycles. The molecule has 0 aromatic carbocycles. The van der Waals surface area contributed by atoms with Crippen LogP contribution in [-0.2, 0) is 19.0 Å². The van der Waals surface area contributed by atoms with E-state index in [0.717, 1.165) is 12.5 Å². The number of carbonyl (C=O) groups excluding carboxylic acids is 2. The van der Waals surface area contributed by atoms with Crippen molar-refractivity contribution in [1.82, 2.24) is 5.32 Å². The Morgan fingerprint density at radius 2 is 2.17 bits per heavy atom.